The van der Waals surface area contributed by atoms with E-state index < -0.39 is 0 Å². The van der Waals surface area contributed by atoms with Gasteiger partial charge in [-0.3, -0.25) is 4.79 Å². The van der Waals surface area contributed by atoms with Gasteiger partial charge in [0, 0.05) is 18.5 Å². The van der Waals surface area contributed by atoms with E-state index in [1.54, 1.807) is 0 Å². The maximum absolute atomic E-state index is 12.4. The highest BCUT2D eigenvalue weighted by Crippen LogP contribution is 2.19. The van der Waals surface area contributed by atoms with Gasteiger partial charge in [0.05, 0.1) is 0 Å². The van der Waals surface area contributed by atoms with Crippen LogP contribution in [-0.2, 0) is 4.79 Å². The van der Waals surface area contributed by atoms with Crippen LogP contribution in [0, 0.1) is 5.41 Å². The number of nitrogens with zero attached hydrogens (tertiary/aromatic N) is 1. The highest BCUT2D eigenvalue weighted by molar-refractivity contribution is 5.81. The van der Waals surface area contributed by atoms with Crippen molar-refractivity contribution >= 4 is 5.91 Å². The van der Waals surface area contributed by atoms with Gasteiger partial charge < -0.3 is 4.90 Å². The molecule has 0 aromatic carbocycles. The molecule has 0 saturated heterocycles. The molecule has 0 radical (unpaired) electrons. The van der Waals surface area contributed by atoms with Crippen molar-refractivity contribution in [3.63, 3.8) is 0 Å². The van der Waals surface area contributed by atoms with Crippen LogP contribution in [0.2, 0.25) is 0 Å². The molecule has 0 aromatic heterocycles. The molecule has 0 heterocycles. The number of unbranched alkanes of at least 4 members (excludes halogenated alkanes) is 6. The van der Waals surface area contributed by atoms with Crippen molar-refractivity contribution in [2.75, 3.05) is 13.1 Å². The van der Waals surface area contributed by atoms with Crippen molar-refractivity contribution in [3.05, 3.63) is 0 Å². The fourth-order valence-electron chi connectivity index (χ4n) is 2.25. The zero-order chi connectivity index (χ0) is 14.7. The van der Waals surface area contributed by atoms with Crippen molar-refractivity contribution in [2.45, 2.75) is 86.0 Å². The Morgan fingerprint density at radius 2 is 1.21 bits per heavy atom. The van der Waals surface area contributed by atoms with Crippen LogP contribution in [-0.4, -0.2) is 23.9 Å². The Labute approximate surface area is 120 Å². The molecule has 0 atom stereocenters. The van der Waals surface area contributed by atoms with E-state index in [1.807, 2.05) is 20.8 Å². The van der Waals surface area contributed by atoms with Gasteiger partial charge in [0.1, 0.15) is 0 Å². The van der Waals surface area contributed by atoms with Crippen LogP contribution in [0.5, 0.6) is 0 Å². The van der Waals surface area contributed by atoms with Gasteiger partial charge in [-0.25, -0.2) is 0 Å². The van der Waals surface area contributed by atoms with E-state index in [4.69, 9.17) is 0 Å². The predicted octanol–water partition coefficient (Wildman–Crippen LogP) is 5.02. The molecule has 0 aliphatic rings. The third-order valence-corrected chi connectivity index (χ3v) is 3.49. The Balaban J connectivity index is 4.18. The van der Waals surface area contributed by atoms with Gasteiger partial charge in [-0.1, -0.05) is 73.1 Å². The Morgan fingerprint density at radius 3 is 1.53 bits per heavy atom. The number of hydrogen-bond acceptors (Lipinski definition) is 1. The molecular formula is C17H35NO. The topological polar surface area (TPSA) is 20.3 Å². The summed E-state index contributed by atoms with van der Waals surface area (Å²) in [6.45, 7) is 12.4. The minimum Gasteiger partial charge on any atom is -0.342 e. The first-order chi connectivity index (χ1) is 8.93. The van der Waals surface area contributed by atoms with Gasteiger partial charge in [-0.2, -0.15) is 0 Å². The Kier molecular flexibility index (Phi) is 9.99. The molecule has 0 bridgehead atoms. The monoisotopic (exact) mass is 269 g/mol. The molecule has 114 valence electrons. The molecule has 0 N–H and O–H groups in total. The van der Waals surface area contributed by atoms with E-state index in [2.05, 4.69) is 18.7 Å². The summed E-state index contributed by atoms with van der Waals surface area (Å²) in [6.07, 6.45) is 9.89. The Morgan fingerprint density at radius 1 is 0.789 bits per heavy atom. The molecule has 0 spiro atoms. The number of hydrogen-bond donors (Lipinski definition) is 0. The summed E-state index contributed by atoms with van der Waals surface area (Å²) in [4.78, 5) is 14.5. The van der Waals surface area contributed by atoms with Gasteiger partial charge in [0.15, 0.2) is 0 Å². The summed E-state index contributed by atoms with van der Waals surface area (Å²) < 4.78 is 0. The first-order valence-corrected chi connectivity index (χ1v) is 8.22. The van der Waals surface area contributed by atoms with Gasteiger partial charge in [0.25, 0.3) is 0 Å². The van der Waals surface area contributed by atoms with Crippen molar-refractivity contribution in [2.24, 2.45) is 5.41 Å². The predicted molar refractivity (Wildman–Crippen MR) is 84.3 cm³/mol. The number of carbonyl (C=O) groups excluding carboxylic acids is 1. The summed E-state index contributed by atoms with van der Waals surface area (Å²) in [5.74, 6) is 0.320. The van der Waals surface area contributed by atoms with Crippen LogP contribution in [0.25, 0.3) is 0 Å². The van der Waals surface area contributed by atoms with E-state index in [0.717, 1.165) is 25.9 Å². The van der Waals surface area contributed by atoms with Gasteiger partial charge in [0.2, 0.25) is 5.91 Å². The first-order valence-electron chi connectivity index (χ1n) is 8.22. The van der Waals surface area contributed by atoms with Gasteiger partial charge >= 0.3 is 0 Å². The number of rotatable bonds is 10. The van der Waals surface area contributed by atoms with Crippen LogP contribution < -0.4 is 0 Å². The summed E-state index contributed by atoms with van der Waals surface area (Å²) >= 11 is 0. The zero-order valence-electron chi connectivity index (χ0n) is 13.9. The van der Waals surface area contributed by atoms with Gasteiger partial charge in [-0.05, 0) is 12.8 Å². The van der Waals surface area contributed by atoms with Crippen LogP contribution >= 0.6 is 0 Å². The molecule has 0 saturated carbocycles. The van der Waals surface area contributed by atoms with E-state index in [0.29, 0.717) is 5.91 Å². The molecule has 0 unspecified atom stereocenters. The fourth-order valence-corrected chi connectivity index (χ4v) is 2.25. The highest BCUT2D eigenvalue weighted by Gasteiger charge is 2.26. The van der Waals surface area contributed by atoms with E-state index >= 15 is 0 Å². The minimum atomic E-state index is -0.241. The Bertz CT molecular complexity index is 218. The Hall–Kier alpha value is -0.530. The lowest BCUT2D eigenvalue weighted by molar-refractivity contribution is -0.139. The van der Waals surface area contributed by atoms with Crippen LogP contribution in [0.3, 0.4) is 0 Å². The summed E-state index contributed by atoms with van der Waals surface area (Å²) in [5.41, 5.74) is -0.241. The molecule has 0 aliphatic carbocycles. The van der Waals surface area contributed by atoms with E-state index in [-0.39, 0.29) is 5.41 Å². The molecule has 0 rings (SSSR count). The van der Waals surface area contributed by atoms with E-state index in [1.165, 1.54) is 38.5 Å². The smallest absolute Gasteiger partial charge is 0.227 e. The molecule has 2 nitrogen and oxygen atoms in total. The maximum Gasteiger partial charge on any atom is 0.227 e. The summed E-state index contributed by atoms with van der Waals surface area (Å²) in [7, 11) is 0. The number of carbonyl (C=O) groups is 1. The van der Waals surface area contributed by atoms with Crippen LogP contribution in [0.4, 0.5) is 0 Å². The molecule has 1 amide bonds. The lowest BCUT2D eigenvalue weighted by Crippen LogP contribution is -2.40. The molecule has 19 heavy (non-hydrogen) atoms. The third-order valence-electron chi connectivity index (χ3n) is 3.49. The maximum atomic E-state index is 12.4. The molecule has 0 aromatic rings. The van der Waals surface area contributed by atoms with Crippen molar-refractivity contribution < 1.29 is 4.79 Å². The number of amides is 1. The first kappa shape index (κ1) is 18.5. The van der Waals surface area contributed by atoms with E-state index in [9.17, 15) is 4.79 Å². The second-order valence-electron chi connectivity index (χ2n) is 6.66. The SMILES string of the molecule is CCCCCCN(CCCCCC)C(=O)C(C)(C)C. The minimum absolute atomic E-state index is 0.241. The fraction of sp³-hybridized carbons (Fsp3) is 0.941. The average Bonchev–Trinajstić information content (AvgIpc) is 2.35. The van der Waals surface area contributed by atoms with Crippen LogP contribution in [0.1, 0.15) is 86.0 Å². The standard InChI is InChI=1S/C17H35NO/c1-6-8-10-12-14-18(15-13-11-9-7-2)16(19)17(3,4)5/h6-15H2,1-5H3. The molecule has 0 aliphatic heterocycles. The normalized spacial score (nSPS) is 11.6. The quantitative estimate of drug-likeness (QED) is 0.510. The second kappa shape index (κ2) is 10.3. The third kappa shape index (κ3) is 9.07. The zero-order valence-corrected chi connectivity index (χ0v) is 13.9. The van der Waals surface area contributed by atoms with Crippen molar-refractivity contribution in [3.8, 4) is 0 Å². The van der Waals surface area contributed by atoms with Crippen LogP contribution in [0.15, 0.2) is 0 Å². The molecular weight excluding hydrogens is 234 g/mol. The largest absolute Gasteiger partial charge is 0.342 e. The van der Waals surface area contributed by atoms with Crippen molar-refractivity contribution in [1.29, 1.82) is 0 Å². The highest BCUT2D eigenvalue weighted by atomic mass is 16.2. The lowest BCUT2D eigenvalue weighted by atomic mass is 9.94. The average molecular weight is 269 g/mol. The van der Waals surface area contributed by atoms with Crippen molar-refractivity contribution in [1.82, 2.24) is 4.90 Å². The molecule has 0 fully saturated rings. The second-order valence-corrected chi connectivity index (χ2v) is 6.66. The summed E-state index contributed by atoms with van der Waals surface area (Å²) in [5, 5.41) is 0. The van der Waals surface area contributed by atoms with Gasteiger partial charge in [-0.15, -0.1) is 0 Å². The summed E-state index contributed by atoms with van der Waals surface area (Å²) in [6, 6.07) is 0. The molecule has 2 heteroatoms. The lowest BCUT2D eigenvalue weighted by Gasteiger charge is -2.29.